The fourth-order valence-corrected chi connectivity index (χ4v) is 2.20. The van der Waals surface area contributed by atoms with Gasteiger partial charge in [-0.3, -0.25) is 14.4 Å². The van der Waals surface area contributed by atoms with Crippen molar-refractivity contribution in [3.05, 3.63) is 59.7 Å². The number of hydroxylamine groups is 1. The molecule has 0 spiro atoms. The van der Waals surface area contributed by atoms with Crippen LogP contribution in [0.2, 0.25) is 0 Å². The van der Waals surface area contributed by atoms with Crippen LogP contribution >= 0.6 is 0 Å². The van der Waals surface area contributed by atoms with Gasteiger partial charge in [0.15, 0.2) is 12.4 Å². The lowest BCUT2D eigenvalue weighted by atomic mass is 10.1. The summed E-state index contributed by atoms with van der Waals surface area (Å²) in [6.07, 6.45) is 0.931. The summed E-state index contributed by atoms with van der Waals surface area (Å²) in [4.78, 5) is 28.0. The van der Waals surface area contributed by atoms with Gasteiger partial charge < -0.3 is 9.47 Å². The van der Waals surface area contributed by atoms with E-state index in [9.17, 15) is 9.59 Å². The average molecular weight is 343 g/mol. The van der Waals surface area contributed by atoms with E-state index in [1.165, 1.54) is 7.11 Å². The number of rotatable bonds is 9. The van der Waals surface area contributed by atoms with E-state index in [0.29, 0.717) is 29.9 Å². The largest absolute Gasteiger partial charge is 0.497 e. The van der Waals surface area contributed by atoms with E-state index >= 15 is 0 Å². The van der Waals surface area contributed by atoms with E-state index in [2.05, 4.69) is 10.3 Å². The molecule has 1 N–H and O–H groups in total. The highest BCUT2D eigenvalue weighted by atomic mass is 16.6. The van der Waals surface area contributed by atoms with Crippen LogP contribution in [0.4, 0.5) is 0 Å². The summed E-state index contributed by atoms with van der Waals surface area (Å²) in [7, 11) is 2.96. The van der Waals surface area contributed by atoms with Gasteiger partial charge in [-0.25, -0.2) is 5.48 Å². The minimum Gasteiger partial charge on any atom is -0.497 e. The number of nitrogens with one attached hydrogen (secondary N) is 1. The van der Waals surface area contributed by atoms with E-state index in [0.717, 1.165) is 5.56 Å². The van der Waals surface area contributed by atoms with Crippen molar-refractivity contribution in [3.8, 4) is 11.5 Å². The molecule has 132 valence electrons. The molecule has 0 aliphatic carbocycles. The summed E-state index contributed by atoms with van der Waals surface area (Å²) >= 11 is 0. The highest BCUT2D eigenvalue weighted by molar-refractivity contribution is 5.97. The Kier molecular flexibility index (Phi) is 6.98. The second kappa shape index (κ2) is 9.44. The third-order valence-electron chi connectivity index (χ3n) is 3.54. The van der Waals surface area contributed by atoms with Crippen molar-refractivity contribution in [2.45, 2.75) is 12.8 Å². The third-order valence-corrected chi connectivity index (χ3v) is 3.54. The maximum absolute atomic E-state index is 12.2. The van der Waals surface area contributed by atoms with Gasteiger partial charge >= 0.3 is 0 Å². The van der Waals surface area contributed by atoms with E-state index in [1.807, 2.05) is 12.1 Å². The molecular formula is C19H21NO5. The molecule has 0 saturated carbocycles. The average Bonchev–Trinajstić information content (AvgIpc) is 2.65. The van der Waals surface area contributed by atoms with Crippen molar-refractivity contribution in [2.24, 2.45) is 0 Å². The first-order valence-electron chi connectivity index (χ1n) is 7.83. The van der Waals surface area contributed by atoms with Crippen LogP contribution in [0.1, 0.15) is 22.3 Å². The second-order valence-electron chi connectivity index (χ2n) is 5.32. The Bertz CT molecular complexity index is 712. The number of aryl methyl sites for hydroxylation is 1. The molecule has 0 aliphatic rings. The molecule has 2 aromatic carbocycles. The van der Waals surface area contributed by atoms with Gasteiger partial charge in [-0.1, -0.05) is 24.3 Å². The Balaban J connectivity index is 1.84. The first kappa shape index (κ1) is 18.5. The molecule has 2 aromatic rings. The normalized spacial score (nSPS) is 10.2. The van der Waals surface area contributed by atoms with Crippen molar-refractivity contribution < 1.29 is 23.9 Å². The monoisotopic (exact) mass is 343 g/mol. The first-order chi connectivity index (χ1) is 12.1. The lowest BCUT2D eigenvalue weighted by Gasteiger charge is -2.08. The van der Waals surface area contributed by atoms with Crippen molar-refractivity contribution in [1.82, 2.24) is 5.48 Å². The maximum Gasteiger partial charge on any atom is 0.243 e. The van der Waals surface area contributed by atoms with Crippen LogP contribution in [0.5, 0.6) is 11.5 Å². The Morgan fingerprint density at radius 1 is 1.00 bits per heavy atom. The minimum absolute atomic E-state index is 0.0528. The van der Waals surface area contributed by atoms with Crippen LogP contribution < -0.4 is 15.0 Å². The van der Waals surface area contributed by atoms with Gasteiger partial charge in [0, 0.05) is 12.0 Å². The van der Waals surface area contributed by atoms with Crippen molar-refractivity contribution in [2.75, 3.05) is 20.8 Å². The highest BCUT2D eigenvalue weighted by Crippen LogP contribution is 2.16. The van der Waals surface area contributed by atoms with Crippen LogP contribution in [0.3, 0.4) is 0 Å². The number of Topliss-reactive ketones (excluding diaryl/α,β-unsaturated/α-hetero) is 1. The van der Waals surface area contributed by atoms with Crippen molar-refractivity contribution in [3.63, 3.8) is 0 Å². The number of carbonyl (C=O) groups excluding carboxylic acids is 2. The van der Waals surface area contributed by atoms with Gasteiger partial charge in [0.2, 0.25) is 5.91 Å². The molecule has 0 aromatic heterocycles. The standard InChI is InChI=1S/C19H21NO5/c1-23-17-5-3-4-15(12-17)18(21)13-25-16-9-6-14(7-10-16)8-11-19(22)20-24-2/h3-7,9-10,12H,8,11,13H2,1-2H3,(H,20,22). The van der Waals surface area contributed by atoms with Gasteiger partial charge in [0.1, 0.15) is 11.5 Å². The maximum atomic E-state index is 12.2. The highest BCUT2D eigenvalue weighted by Gasteiger charge is 2.08. The molecule has 6 heteroatoms. The Hall–Kier alpha value is -2.86. The summed E-state index contributed by atoms with van der Waals surface area (Å²) in [6, 6.07) is 14.2. The zero-order valence-electron chi connectivity index (χ0n) is 14.3. The van der Waals surface area contributed by atoms with Crippen LogP contribution in [0.15, 0.2) is 48.5 Å². The molecule has 0 heterocycles. The lowest BCUT2D eigenvalue weighted by molar-refractivity contribution is -0.131. The number of benzene rings is 2. The number of ketones is 1. The quantitative estimate of drug-likeness (QED) is 0.559. The Morgan fingerprint density at radius 2 is 1.76 bits per heavy atom. The molecule has 25 heavy (non-hydrogen) atoms. The minimum atomic E-state index is -0.174. The molecule has 0 unspecified atom stereocenters. The summed E-state index contributed by atoms with van der Waals surface area (Å²) < 4.78 is 10.6. The van der Waals surface area contributed by atoms with E-state index in [-0.39, 0.29) is 18.3 Å². The number of ether oxygens (including phenoxy) is 2. The number of carbonyl (C=O) groups is 2. The molecular weight excluding hydrogens is 322 g/mol. The molecule has 1 amide bonds. The molecule has 0 atom stereocenters. The van der Waals surface area contributed by atoms with Crippen LogP contribution in [0, 0.1) is 0 Å². The Morgan fingerprint density at radius 3 is 2.44 bits per heavy atom. The molecule has 0 bridgehead atoms. The van der Waals surface area contributed by atoms with Gasteiger partial charge in [-0.05, 0) is 36.2 Å². The predicted octanol–water partition coefficient (Wildman–Crippen LogP) is 2.57. The van der Waals surface area contributed by atoms with Gasteiger partial charge in [-0.2, -0.15) is 0 Å². The van der Waals surface area contributed by atoms with E-state index < -0.39 is 0 Å². The molecule has 6 nitrogen and oxygen atoms in total. The second-order valence-corrected chi connectivity index (χ2v) is 5.32. The number of hydrogen-bond donors (Lipinski definition) is 1. The van der Waals surface area contributed by atoms with E-state index in [1.54, 1.807) is 43.5 Å². The molecule has 0 fully saturated rings. The summed E-state index contributed by atoms with van der Waals surface area (Å²) in [5.74, 6) is 0.931. The van der Waals surface area contributed by atoms with Gasteiger partial charge in [0.05, 0.1) is 14.2 Å². The van der Waals surface area contributed by atoms with Gasteiger partial charge in [-0.15, -0.1) is 0 Å². The molecule has 0 saturated heterocycles. The molecule has 0 aliphatic heterocycles. The molecule has 0 radical (unpaired) electrons. The SMILES string of the molecule is CONC(=O)CCc1ccc(OCC(=O)c2cccc(OC)c2)cc1. The fraction of sp³-hybridized carbons (Fsp3) is 0.263. The van der Waals surface area contributed by atoms with Crippen molar-refractivity contribution >= 4 is 11.7 Å². The number of amides is 1. The topological polar surface area (TPSA) is 73.9 Å². The van der Waals surface area contributed by atoms with Crippen molar-refractivity contribution in [1.29, 1.82) is 0 Å². The van der Waals surface area contributed by atoms with Gasteiger partial charge in [0.25, 0.3) is 0 Å². The third kappa shape index (κ3) is 5.93. The molecule has 2 rings (SSSR count). The summed E-state index contributed by atoms with van der Waals surface area (Å²) in [6.45, 7) is -0.0528. The lowest BCUT2D eigenvalue weighted by Crippen LogP contribution is -2.21. The zero-order chi connectivity index (χ0) is 18.1. The predicted molar refractivity (Wildman–Crippen MR) is 92.7 cm³/mol. The van der Waals surface area contributed by atoms with Crippen LogP contribution in [-0.4, -0.2) is 32.5 Å². The zero-order valence-corrected chi connectivity index (χ0v) is 14.3. The first-order valence-corrected chi connectivity index (χ1v) is 7.83. The smallest absolute Gasteiger partial charge is 0.243 e. The van der Waals surface area contributed by atoms with Crippen LogP contribution in [-0.2, 0) is 16.1 Å². The number of hydrogen-bond acceptors (Lipinski definition) is 5. The Labute approximate surface area is 146 Å². The van der Waals surface area contributed by atoms with Crippen LogP contribution in [0.25, 0.3) is 0 Å². The number of methoxy groups -OCH3 is 1. The summed E-state index contributed by atoms with van der Waals surface area (Å²) in [5, 5.41) is 0. The summed E-state index contributed by atoms with van der Waals surface area (Å²) in [5.41, 5.74) is 3.81. The van der Waals surface area contributed by atoms with E-state index in [4.69, 9.17) is 9.47 Å². The fourth-order valence-electron chi connectivity index (χ4n) is 2.20.